The molecule has 1 saturated heterocycles. The molecule has 1 aliphatic rings. The molecule has 5 heteroatoms. The zero-order valence-corrected chi connectivity index (χ0v) is 14.6. The molecule has 0 spiro atoms. The number of para-hydroxylation sites is 1. The van der Waals surface area contributed by atoms with Gasteiger partial charge in [0, 0.05) is 25.2 Å². The second-order valence-electron chi connectivity index (χ2n) is 4.68. The van der Waals surface area contributed by atoms with Gasteiger partial charge in [-0.2, -0.15) is 0 Å². The Labute approximate surface area is 138 Å². The minimum atomic E-state index is 0. The molecule has 0 atom stereocenters. The van der Waals surface area contributed by atoms with E-state index in [0.717, 1.165) is 36.9 Å². The Morgan fingerprint density at radius 2 is 2.00 bits per heavy atom. The van der Waals surface area contributed by atoms with Crippen LogP contribution in [-0.2, 0) is 6.54 Å². The average Bonchev–Trinajstić information content (AvgIpc) is 2.97. The van der Waals surface area contributed by atoms with Gasteiger partial charge < -0.3 is 15.0 Å². The summed E-state index contributed by atoms with van der Waals surface area (Å²) in [6.07, 6.45) is 2.53. The fraction of sp³-hybridized carbons (Fsp3) is 0.533. The summed E-state index contributed by atoms with van der Waals surface area (Å²) < 4.78 is 5.36. The highest BCUT2D eigenvalue weighted by molar-refractivity contribution is 14.0. The van der Waals surface area contributed by atoms with Gasteiger partial charge >= 0.3 is 0 Å². The summed E-state index contributed by atoms with van der Waals surface area (Å²) in [4.78, 5) is 7.06. The van der Waals surface area contributed by atoms with Gasteiger partial charge in [0.2, 0.25) is 0 Å². The lowest BCUT2D eigenvalue weighted by atomic mass is 10.2. The van der Waals surface area contributed by atoms with Crippen LogP contribution in [0.4, 0.5) is 0 Å². The van der Waals surface area contributed by atoms with Crippen molar-refractivity contribution in [2.24, 2.45) is 4.99 Å². The number of nitrogens with one attached hydrogen (secondary N) is 1. The Kier molecular flexibility index (Phi) is 7.72. The van der Waals surface area contributed by atoms with Gasteiger partial charge in [-0.05, 0) is 25.8 Å². The molecule has 0 unspecified atom stereocenters. The third-order valence-corrected chi connectivity index (χ3v) is 3.33. The quantitative estimate of drug-likeness (QED) is 0.489. The number of guanidine groups is 1. The Bertz CT molecular complexity index is 431. The molecule has 20 heavy (non-hydrogen) atoms. The topological polar surface area (TPSA) is 36.9 Å². The predicted octanol–water partition coefficient (Wildman–Crippen LogP) is 2.87. The molecule has 1 aliphatic heterocycles. The van der Waals surface area contributed by atoms with Gasteiger partial charge in [-0.15, -0.1) is 24.0 Å². The highest BCUT2D eigenvalue weighted by Crippen LogP contribution is 2.18. The van der Waals surface area contributed by atoms with Crippen molar-refractivity contribution in [1.82, 2.24) is 10.2 Å². The van der Waals surface area contributed by atoms with E-state index in [1.54, 1.807) is 7.11 Å². The first-order chi connectivity index (χ1) is 9.35. The molecule has 2 rings (SSSR count). The molecule has 112 valence electrons. The molecule has 0 aromatic heterocycles. The Hall–Kier alpha value is -0.980. The molecule has 1 aromatic carbocycles. The van der Waals surface area contributed by atoms with E-state index in [-0.39, 0.29) is 24.0 Å². The molecule has 0 radical (unpaired) electrons. The lowest BCUT2D eigenvalue weighted by Crippen LogP contribution is -2.39. The first-order valence-electron chi connectivity index (χ1n) is 7.00. The summed E-state index contributed by atoms with van der Waals surface area (Å²) in [5.74, 6) is 1.93. The van der Waals surface area contributed by atoms with Crippen molar-refractivity contribution in [3.8, 4) is 5.75 Å². The number of halogens is 1. The van der Waals surface area contributed by atoms with E-state index in [1.165, 1.54) is 12.8 Å². The van der Waals surface area contributed by atoms with Crippen LogP contribution in [0.3, 0.4) is 0 Å². The number of hydrogen-bond donors (Lipinski definition) is 1. The van der Waals surface area contributed by atoms with E-state index in [0.29, 0.717) is 6.54 Å². The first kappa shape index (κ1) is 17.1. The van der Waals surface area contributed by atoms with Gasteiger partial charge in [0.15, 0.2) is 5.96 Å². The molecule has 0 aliphatic carbocycles. The number of benzene rings is 1. The highest BCUT2D eigenvalue weighted by Gasteiger charge is 2.15. The SMILES string of the molecule is CCNC(=NCc1ccccc1OC)N1CCCC1.I. The molecule has 0 bridgehead atoms. The predicted molar refractivity (Wildman–Crippen MR) is 94.0 cm³/mol. The summed E-state index contributed by atoms with van der Waals surface area (Å²) >= 11 is 0. The van der Waals surface area contributed by atoms with Crippen molar-refractivity contribution >= 4 is 29.9 Å². The standard InChI is InChI=1S/C15H23N3O.HI/c1-3-16-15(18-10-6-7-11-18)17-12-13-8-4-5-9-14(13)19-2;/h4-5,8-9H,3,6-7,10-12H2,1-2H3,(H,16,17);1H. The number of rotatable bonds is 4. The van der Waals surface area contributed by atoms with Crippen molar-refractivity contribution < 1.29 is 4.74 Å². The molecule has 0 amide bonds. The van der Waals surface area contributed by atoms with Crippen molar-refractivity contribution in [2.75, 3.05) is 26.7 Å². The van der Waals surface area contributed by atoms with Crippen molar-refractivity contribution in [3.63, 3.8) is 0 Å². The lowest BCUT2D eigenvalue weighted by Gasteiger charge is -2.20. The Morgan fingerprint density at radius 1 is 1.30 bits per heavy atom. The van der Waals surface area contributed by atoms with Crippen LogP contribution in [-0.4, -0.2) is 37.6 Å². The van der Waals surface area contributed by atoms with Crippen molar-refractivity contribution in [3.05, 3.63) is 29.8 Å². The van der Waals surface area contributed by atoms with E-state index in [1.807, 2.05) is 18.2 Å². The van der Waals surface area contributed by atoms with Gasteiger partial charge in [-0.3, -0.25) is 0 Å². The normalized spacial score (nSPS) is 14.9. The average molecular weight is 389 g/mol. The zero-order chi connectivity index (χ0) is 13.5. The summed E-state index contributed by atoms with van der Waals surface area (Å²) in [5.41, 5.74) is 1.12. The summed E-state index contributed by atoms with van der Waals surface area (Å²) in [7, 11) is 1.70. The van der Waals surface area contributed by atoms with Gasteiger partial charge in [0.05, 0.1) is 13.7 Å². The maximum Gasteiger partial charge on any atom is 0.194 e. The highest BCUT2D eigenvalue weighted by atomic mass is 127. The molecule has 4 nitrogen and oxygen atoms in total. The number of methoxy groups -OCH3 is 1. The number of aliphatic imine (C=N–C) groups is 1. The van der Waals surface area contributed by atoms with Crippen molar-refractivity contribution in [2.45, 2.75) is 26.3 Å². The fourth-order valence-corrected chi connectivity index (χ4v) is 2.35. The monoisotopic (exact) mass is 389 g/mol. The molecule has 0 saturated carbocycles. The second kappa shape index (κ2) is 9.05. The molecule has 1 heterocycles. The second-order valence-corrected chi connectivity index (χ2v) is 4.68. The van der Waals surface area contributed by atoms with Gasteiger partial charge in [0.1, 0.15) is 5.75 Å². The zero-order valence-electron chi connectivity index (χ0n) is 12.3. The van der Waals surface area contributed by atoms with Crippen LogP contribution in [0.15, 0.2) is 29.3 Å². The van der Waals surface area contributed by atoms with Crippen LogP contribution in [0.1, 0.15) is 25.3 Å². The summed E-state index contributed by atoms with van der Waals surface area (Å²) in [6, 6.07) is 8.05. The minimum Gasteiger partial charge on any atom is -0.496 e. The van der Waals surface area contributed by atoms with Crippen LogP contribution in [0.5, 0.6) is 5.75 Å². The van der Waals surface area contributed by atoms with Crippen LogP contribution in [0, 0.1) is 0 Å². The lowest BCUT2D eigenvalue weighted by molar-refractivity contribution is 0.409. The molecular weight excluding hydrogens is 365 g/mol. The van der Waals surface area contributed by atoms with E-state index >= 15 is 0 Å². The molecular formula is C15H24IN3O. The van der Waals surface area contributed by atoms with Gasteiger partial charge in [-0.25, -0.2) is 4.99 Å². The molecule has 1 fully saturated rings. The smallest absolute Gasteiger partial charge is 0.194 e. The summed E-state index contributed by atoms with van der Waals surface area (Å²) in [5, 5.41) is 3.37. The largest absolute Gasteiger partial charge is 0.496 e. The van der Waals surface area contributed by atoms with Crippen LogP contribution >= 0.6 is 24.0 Å². The fourth-order valence-electron chi connectivity index (χ4n) is 2.35. The third kappa shape index (κ3) is 4.54. The number of ether oxygens (including phenoxy) is 1. The maximum atomic E-state index is 5.36. The maximum absolute atomic E-state index is 5.36. The molecule has 1 N–H and O–H groups in total. The molecule has 1 aromatic rings. The van der Waals surface area contributed by atoms with Gasteiger partial charge in [0.25, 0.3) is 0 Å². The van der Waals surface area contributed by atoms with Crippen LogP contribution < -0.4 is 10.1 Å². The number of nitrogens with zero attached hydrogens (tertiary/aromatic N) is 2. The number of likely N-dealkylation sites (tertiary alicyclic amines) is 1. The first-order valence-corrected chi connectivity index (χ1v) is 7.00. The third-order valence-electron chi connectivity index (χ3n) is 3.33. The number of hydrogen-bond acceptors (Lipinski definition) is 2. The van der Waals surface area contributed by atoms with Gasteiger partial charge in [-0.1, -0.05) is 18.2 Å². The van der Waals surface area contributed by atoms with E-state index in [4.69, 9.17) is 9.73 Å². The van der Waals surface area contributed by atoms with Crippen molar-refractivity contribution in [1.29, 1.82) is 0 Å². The van der Waals surface area contributed by atoms with E-state index in [2.05, 4.69) is 23.2 Å². The van der Waals surface area contributed by atoms with Crippen LogP contribution in [0.25, 0.3) is 0 Å². The minimum absolute atomic E-state index is 0. The Morgan fingerprint density at radius 3 is 2.65 bits per heavy atom. The summed E-state index contributed by atoms with van der Waals surface area (Å²) in [6.45, 7) is 5.88. The van der Waals surface area contributed by atoms with E-state index in [9.17, 15) is 0 Å². The van der Waals surface area contributed by atoms with E-state index < -0.39 is 0 Å². The Balaban J connectivity index is 0.00000200. The van der Waals surface area contributed by atoms with Crippen LogP contribution in [0.2, 0.25) is 0 Å².